The van der Waals surface area contributed by atoms with E-state index in [-0.39, 0.29) is 0 Å². The fraction of sp³-hybridized carbons (Fsp3) is 0.833. The molecular formula is C12H18. The van der Waals surface area contributed by atoms with Crippen molar-refractivity contribution in [2.45, 2.75) is 44.9 Å². The van der Waals surface area contributed by atoms with Gasteiger partial charge in [-0.05, 0) is 42.9 Å². The Morgan fingerprint density at radius 1 is 1.00 bits per heavy atom. The van der Waals surface area contributed by atoms with Crippen molar-refractivity contribution in [3.63, 3.8) is 0 Å². The SMILES string of the molecule is C1=CC23CCCC[C@H]2CCC[C@@H]13. The van der Waals surface area contributed by atoms with Gasteiger partial charge >= 0.3 is 0 Å². The monoisotopic (exact) mass is 162 g/mol. The summed E-state index contributed by atoms with van der Waals surface area (Å²) < 4.78 is 0. The van der Waals surface area contributed by atoms with Crippen LogP contribution in [0.2, 0.25) is 0 Å². The summed E-state index contributed by atoms with van der Waals surface area (Å²) in [6.45, 7) is 0. The molecule has 0 saturated heterocycles. The molecule has 66 valence electrons. The molecule has 0 aromatic rings. The molecule has 1 spiro atoms. The van der Waals surface area contributed by atoms with Crippen molar-refractivity contribution in [1.29, 1.82) is 0 Å². The van der Waals surface area contributed by atoms with E-state index < -0.39 is 0 Å². The van der Waals surface area contributed by atoms with Crippen LogP contribution in [-0.2, 0) is 0 Å². The van der Waals surface area contributed by atoms with E-state index in [4.69, 9.17) is 0 Å². The third-order valence-corrected chi connectivity index (χ3v) is 4.57. The van der Waals surface area contributed by atoms with Crippen LogP contribution >= 0.6 is 0 Å². The average molecular weight is 162 g/mol. The normalized spacial score (nSPS) is 50.7. The molecule has 0 bridgehead atoms. The van der Waals surface area contributed by atoms with Crippen LogP contribution in [0.1, 0.15) is 44.9 Å². The van der Waals surface area contributed by atoms with Crippen LogP contribution in [0.3, 0.4) is 0 Å². The molecule has 1 unspecified atom stereocenters. The van der Waals surface area contributed by atoms with E-state index in [9.17, 15) is 0 Å². The summed E-state index contributed by atoms with van der Waals surface area (Å²) in [4.78, 5) is 0. The highest BCUT2D eigenvalue weighted by Gasteiger charge is 2.49. The molecule has 3 aliphatic rings. The van der Waals surface area contributed by atoms with Crippen LogP contribution in [0.25, 0.3) is 0 Å². The summed E-state index contributed by atoms with van der Waals surface area (Å²) in [5.74, 6) is 2.08. The van der Waals surface area contributed by atoms with E-state index >= 15 is 0 Å². The van der Waals surface area contributed by atoms with Gasteiger partial charge in [0.2, 0.25) is 0 Å². The molecule has 3 aliphatic carbocycles. The first-order valence-electron chi connectivity index (χ1n) is 5.61. The number of allylic oxidation sites excluding steroid dienone is 2. The van der Waals surface area contributed by atoms with Gasteiger partial charge in [0.15, 0.2) is 0 Å². The Morgan fingerprint density at radius 2 is 1.92 bits per heavy atom. The Labute approximate surface area is 75.0 Å². The summed E-state index contributed by atoms with van der Waals surface area (Å²) in [6.07, 6.45) is 15.6. The average Bonchev–Trinajstić information content (AvgIpc) is 2.10. The Hall–Kier alpha value is -0.260. The zero-order valence-corrected chi connectivity index (χ0v) is 7.76. The molecule has 0 radical (unpaired) electrons. The summed E-state index contributed by atoms with van der Waals surface area (Å²) in [5, 5.41) is 0. The lowest BCUT2D eigenvalue weighted by molar-refractivity contribution is 0.0306. The Balaban J connectivity index is 1.91. The molecule has 0 heterocycles. The zero-order valence-electron chi connectivity index (χ0n) is 7.76. The van der Waals surface area contributed by atoms with Gasteiger partial charge in [0.25, 0.3) is 0 Å². The number of hydrogen-bond donors (Lipinski definition) is 0. The topological polar surface area (TPSA) is 0 Å². The molecule has 2 saturated carbocycles. The van der Waals surface area contributed by atoms with Gasteiger partial charge in [-0.25, -0.2) is 0 Å². The van der Waals surface area contributed by atoms with Gasteiger partial charge in [0, 0.05) is 0 Å². The molecule has 0 amide bonds. The van der Waals surface area contributed by atoms with Crippen molar-refractivity contribution in [3.05, 3.63) is 12.2 Å². The Morgan fingerprint density at radius 3 is 2.67 bits per heavy atom. The molecule has 0 nitrogen and oxygen atoms in total. The fourth-order valence-electron chi connectivity index (χ4n) is 3.84. The minimum Gasteiger partial charge on any atom is -0.0840 e. The highest BCUT2D eigenvalue weighted by atomic mass is 14.5. The van der Waals surface area contributed by atoms with Crippen LogP contribution in [0, 0.1) is 17.3 Å². The van der Waals surface area contributed by atoms with E-state index in [1.54, 1.807) is 0 Å². The molecule has 0 aliphatic heterocycles. The lowest BCUT2D eigenvalue weighted by Gasteiger charge is -2.55. The third-order valence-electron chi connectivity index (χ3n) is 4.57. The van der Waals surface area contributed by atoms with E-state index in [1.165, 1.54) is 44.9 Å². The van der Waals surface area contributed by atoms with Crippen molar-refractivity contribution in [2.24, 2.45) is 17.3 Å². The van der Waals surface area contributed by atoms with Crippen LogP contribution in [-0.4, -0.2) is 0 Å². The van der Waals surface area contributed by atoms with Crippen LogP contribution in [0.15, 0.2) is 12.2 Å². The van der Waals surface area contributed by atoms with Gasteiger partial charge < -0.3 is 0 Å². The van der Waals surface area contributed by atoms with Gasteiger partial charge in [0.1, 0.15) is 0 Å². The summed E-state index contributed by atoms with van der Waals surface area (Å²) in [6, 6.07) is 0. The van der Waals surface area contributed by atoms with E-state index in [2.05, 4.69) is 12.2 Å². The fourth-order valence-corrected chi connectivity index (χ4v) is 3.84. The second kappa shape index (κ2) is 2.37. The maximum absolute atomic E-state index is 2.56. The number of hydrogen-bond acceptors (Lipinski definition) is 0. The smallest absolute Gasteiger partial charge is 0.00272 e. The maximum atomic E-state index is 2.56. The van der Waals surface area contributed by atoms with Crippen LogP contribution < -0.4 is 0 Å². The highest BCUT2D eigenvalue weighted by Crippen LogP contribution is 2.59. The van der Waals surface area contributed by atoms with Crippen molar-refractivity contribution in [1.82, 2.24) is 0 Å². The van der Waals surface area contributed by atoms with Crippen LogP contribution in [0.5, 0.6) is 0 Å². The van der Waals surface area contributed by atoms with Crippen LogP contribution in [0.4, 0.5) is 0 Å². The first kappa shape index (κ1) is 7.17. The van der Waals surface area contributed by atoms with Crippen molar-refractivity contribution in [3.8, 4) is 0 Å². The minimum atomic E-state index is 0.733. The van der Waals surface area contributed by atoms with E-state index in [0.717, 1.165) is 17.3 Å². The van der Waals surface area contributed by atoms with Crippen molar-refractivity contribution >= 4 is 0 Å². The third kappa shape index (κ3) is 0.739. The van der Waals surface area contributed by atoms with Gasteiger partial charge in [-0.2, -0.15) is 0 Å². The molecule has 0 aromatic carbocycles. The minimum absolute atomic E-state index is 0.733. The van der Waals surface area contributed by atoms with E-state index in [0.29, 0.717) is 0 Å². The van der Waals surface area contributed by atoms with Crippen molar-refractivity contribution < 1.29 is 0 Å². The predicted octanol–water partition coefficient (Wildman–Crippen LogP) is 3.53. The first-order chi connectivity index (χ1) is 5.92. The molecule has 3 rings (SSSR count). The number of rotatable bonds is 0. The lowest BCUT2D eigenvalue weighted by atomic mass is 9.50. The summed E-state index contributed by atoms with van der Waals surface area (Å²) in [5.41, 5.74) is 0.733. The molecule has 12 heavy (non-hydrogen) atoms. The maximum Gasteiger partial charge on any atom is -0.00272 e. The molecule has 0 N–H and O–H groups in total. The van der Waals surface area contributed by atoms with Gasteiger partial charge in [-0.3, -0.25) is 0 Å². The Kier molecular flexibility index (Phi) is 1.42. The molecule has 0 aromatic heterocycles. The van der Waals surface area contributed by atoms with Gasteiger partial charge in [-0.15, -0.1) is 0 Å². The largest absolute Gasteiger partial charge is 0.0840 e. The van der Waals surface area contributed by atoms with E-state index in [1.807, 2.05) is 0 Å². The lowest BCUT2D eigenvalue weighted by Crippen LogP contribution is -2.45. The highest BCUT2D eigenvalue weighted by molar-refractivity contribution is 5.22. The Bertz CT molecular complexity index is 214. The summed E-state index contributed by atoms with van der Waals surface area (Å²) >= 11 is 0. The standard InChI is InChI=1S/C12H18/c1-2-8-12-9-7-11(12)6-3-5-10(12)4-1/h7,9-11H,1-6,8H2/t10-,11-,12?/m0/s1. The van der Waals surface area contributed by atoms with Gasteiger partial charge in [0.05, 0.1) is 0 Å². The quantitative estimate of drug-likeness (QED) is 0.478. The first-order valence-corrected chi connectivity index (χ1v) is 5.61. The molecule has 0 heteroatoms. The zero-order chi connectivity index (χ0) is 8.02. The predicted molar refractivity (Wildman–Crippen MR) is 50.9 cm³/mol. The second-order valence-corrected chi connectivity index (χ2v) is 4.95. The second-order valence-electron chi connectivity index (χ2n) is 4.95. The van der Waals surface area contributed by atoms with Crippen molar-refractivity contribution in [2.75, 3.05) is 0 Å². The summed E-state index contributed by atoms with van der Waals surface area (Å²) in [7, 11) is 0. The molecule has 2 fully saturated rings. The molecular weight excluding hydrogens is 144 g/mol. The van der Waals surface area contributed by atoms with Gasteiger partial charge in [-0.1, -0.05) is 31.4 Å². The molecule has 3 atom stereocenters.